The van der Waals surface area contributed by atoms with Gasteiger partial charge < -0.3 is 9.30 Å². The molecule has 0 aromatic carbocycles. The molecule has 3 aromatic rings. The quantitative estimate of drug-likeness (QED) is 0.587. The normalized spacial score (nSPS) is 15.1. The van der Waals surface area contributed by atoms with Crippen LogP contribution >= 0.6 is 11.6 Å². The number of rotatable bonds is 6. The molecule has 6 nitrogen and oxygen atoms in total. The predicted octanol–water partition coefficient (Wildman–Crippen LogP) is 4.37. The number of ether oxygens (including phenoxy) is 1. The third-order valence-corrected chi connectivity index (χ3v) is 5.70. The van der Waals surface area contributed by atoms with E-state index < -0.39 is 0 Å². The zero-order valence-corrected chi connectivity index (χ0v) is 18.2. The first kappa shape index (κ1) is 20.8. The Hall–Kier alpha value is -2.44. The van der Waals surface area contributed by atoms with Crippen molar-refractivity contribution in [2.75, 3.05) is 13.2 Å². The average molecular weight is 427 g/mol. The van der Waals surface area contributed by atoms with E-state index in [9.17, 15) is 4.79 Å². The lowest BCUT2D eigenvalue weighted by molar-refractivity contribution is 0.0665. The molecular formula is C23H27ClN4O2. The molecule has 0 N–H and O–H groups in total. The van der Waals surface area contributed by atoms with Gasteiger partial charge in [-0.25, -0.2) is 4.68 Å². The lowest BCUT2D eigenvalue weighted by atomic mass is 9.93. The fraction of sp³-hybridized carbons (Fsp3) is 0.435. The standard InChI is InChI=1S/C23H27ClN4O2/c1-16(2)13-27-15-20(3-4-22(27)29)28-14-19(12-26-28)23-21(24)10-18(11-25-23)9-17-5-7-30-8-6-17/h3-4,10-12,14-17H,5-9,13H2,1-2H3. The molecule has 1 aliphatic heterocycles. The summed E-state index contributed by atoms with van der Waals surface area (Å²) in [5, 5.41) is 5.09. The highest BCUT2D eigenvalue weighted by molar-refractivity contribution is 6.33. The van der Waals surface area contributed by atoms with Crippen molar-refractivity contribution in [1.82, 2.24) is 19.3 Å². The minimum atomic E-state index is -0.00958. The van der Waals surface area contributed by atoms with Crippen molar-refractivity contribution >= 4 is 11.6 Å². The molecular weight excluding hydrogens is 400 g/mol. The molecule has 4 rings (SSSR count). The van der Waals surface area contributed by atoms with Crippen LogP contribution < -0.4 is 5.56 Å². The van der Waals surface area contributed by atoms with Crippen LogP contribution in [0.25, 0.3) is 16.9 Å². The van der Waals surface area contributed by atoms with E-state index in [2.05, 4.69) is 23.9 Å². The van der Waals surface area contributed by atoms with Gasteiger partial charge in [0.15, 0.2) is 0 Å². The fourth-order valence-electron chi connectivity index (χ4n) is 3.86. The molecule has 7 heteroatoms. The first-order valence-corrected chi connectivity index (χ1v) is 10.9. The molecule has 0 amide bonds. The fourth-order valence-corrected chi connectivity index (χ4v) is 4.16. The van der Waals surface area contributed by atoms with Crippen LogP contribution in [-0.4, -0.2) is 32.5 Å². The van der Waals surface area contributed by atoms with Gasteiger partial charge in [0.1, 0.15) is 0 Å². The molecule has 0 spiro atoms. The van der Waals surface area contributed by atoms with Crippen molar-refractivity contribution in [3.8, 4) is 16.9 Å². The molecule has 0 atom stereocenters. The number of hydrogen-bond acceptors (Lipinski definition) is 4. The Morgan fingerprint density at radius 3 is 2.73 bits per heavy atom. The summed E-state index contributed by atoms with van der Waals surface area (Å²) in [6.45, 7) is 6.53. The minimum absolute atomic E-state index is 0.00958. The summed E-state index contributed by atoms with van der Waals surface area (Å²) >= 11 is 6.57. The second kappa shape index (κ2) is 9.14. The van der Waals surface area contributed by atoms with E-state index in [4.69, 9.17) is 16.3 Å². The van der Waals surface area contributed by atoms with Crippen LogP contribution in [0, 0.1) is 11.8 Å². The molecule has 0 aliphatic carbocycles. The van der Waals surface area contributed by atoms with E-state index in [1.54, 1.807) is 27.6 Å². The summed E-state index contributed by atoms with van der Waals surface area (Å²) in [4.78, 5) is 16.7. The van der Waals surface area contributed by atoms with Gasteiger partial charge in [-0.05, 0) is 48.8 Å². The van der Waals surface area contributed by atoms with E-state index in [1.807, 2.05) is 24.7 Å². The number of aromatic nitrogens is 4. The van der Waals surface area contributed by atoms with Gasteiger partial charge in [-0.3, -0.25) is 9.78 Å². The zero-order valence-electron chi connectivity index (χ0n) is 17.4. The van der Waals surface area contributed by atoms with Crippen molar-refractivity contribution in [3.05, 3.63) is 63.9 Å². The molecule has 4 heterocycles. The first-order chi connectivity index (χ1) is 14.5. The molecule has 0 radical (unpaired) electrons. The Morgan fingerprint density at radius 2 is 2.00 bits per heavy atom. The van der Waals surface area contributed by atoms with Crippen molar-refractivity contribution in [2.45, 2.75) is 39.7 Å². The summed E-state index contributed by atoms with van der Waals surface area (Å²) < 4.78 is 8.91. The SMILES string of the molecule is CC(C)Cn1cc(-n2cc(-c3ncc(CC4CCOCC4)cc3Cl)cn2)ccc1=O. The Morgan fingerprint density at radius 1 is 1.20 bits per heavy atom. The van der Waals surface area contributed by atoms with E-state index >= 15 is 0 Å². The number of hydrogen-bond donors (Lipinski definition) is 0. The van der Waals surface area contributed by atoms with Crippen LogP contribution in [0.5, 0.6) is 0 Å². The van der Waals surface area contributed by atoms with Crippen molar-refractivity contribution in [2.24, 2.45) is 11.8 Å². The van der Waals surface area contributed by atoms with Crippen LogP contribution in [0.3, 0.4) is 0 Å². The number of pyridine rings is 2. The van der Waals surface area contributed by atoms with E-state index in [0.29, 0.717) is 29.1 Å². The summed E-state index contributed by atoms with van der Waals surface area (Å²) in [6.07, 6.45) is 10.6. The van der Waals surface area contributed by atoms with Crippen molar-refractivity contribution in [3.63, 3.8) is 0 Å². The highest BCUT2D eigenvalue weighted by Gasteiger charge is 2.16. The predicted molar refractivity (Wildman–Crippen MR) is 118 cm³/mol. The summed E-state index contributed by atoms with van der Waals surface area (Å²) in [6, 6.07) is 5.37. The Kier molecular flexibility index (Phi) is 6.35. The lowest BCUT2D eigenvalue weighted by Gasteiger charge is -2.21. The van der Waals surface area contributed by atoms with Gasteiger partial charge in [-0.1, -0.05) is 25.4 Å². The van der Waals surface area contributed by atoms with Gasteiger partial charge in [0, 0.05) is 50.0 Å². The Balaban J connectivity index is 1.54. The van der Waals surface area contributed by atoms with Crippen LogP contribution in [0.4, 0.5) is 0 Å². The minimum Gasteiger partial charge on any atom is -0.381 e. The van der Waals surface area contributed by atoms with Crippen LogP contribution in [0.2, 0.25) is 5.02 Å². The molecule has 158 valence electrons. The average Bonchev–Trinajstić information content (AvgIpc) is 3.20. The molecule has 0 bridgehead atoms. The van der Waals surface area contributed by atoms with Crippen LogP contribution in [0.1, 0.15) is 32.3 Å². The van der Waals surface area contributed by atoms with E-state index in [-0.39, 0.29) is 5.56 Å². The first-order valence-electron chi connectivity index (χ1n) is 10.5. The van der Waals surface area contributed by atoms with E-state index in [1.165, 1.54) is 0 Å². The maximum atomic E-state index is 12.1. The molecule has 0 saturated carbocycles. The second-order valence-corrected chi connectivity index (χ2v) is 8.79. The van der Waals surface area contributed by atoms with Gasteiger partial charge in [0.05, 0.1) is 22.6 Å². The molecule has 0 unspecified atom stereocenters. The molecule has 1 aliphatic rings. The number of halogens is 1. The molecule has 30 heavy (non-hydrogen) atoms. The van der Waals surface area contributed by atoms with Gasteiger partial charge in [0.25, 0.3) is 5.56 Å². The van der Waals surface area contributed by atoms with Gasteiger partial charge in [-0.15, -0.1) is 0 Å². The molecule has 1 fully saturated rings. The third kappa shape index (κ3) is 4.82. The topological polar surface area (TPSA) is 61.9 Å². The van der Waals surface area contributed by atoms with Crippen molar-refractivity contribution < 1.29 is 4.74 Å². The summed E-state index contributed by atoms with van der Waals surface area (Å²) in [5.74, 6) is 1.01. The zero-order chi connectivity index (χ0) is 21.1. The Labute approximate surface area is 181 Å². The Bertz CT molecular complexity index is 1070. The van der Waals surface area contributed by atoms with E-state index in [0.717, 1.165) is 49.3 Å². The monoisotopic (exact) mass is 426 g/mol. The van der Waals surface area contributed by atoms with Crippen LogP contribution in [-0.2, 0) is 17.7 Å². The third-order valence-electron chi connectivity index (χ3n) is 5.41. The second-order valence-electron chi connectivity index (χ2n) is 8.38. The molecule has 1 saturated heterocycles. The van der Waals surface area contributed by atoms with Crippen LogP contribution in [0.15, 0.2) is 47.8 Å². The largest absolute Gasteiger partial charge is 0.381 e. The highest BCUT2D eigenvalue weighted by atomic mass is 35.5. The van der Waals surface area contributed by atoms with Crippen molar-refractivity contribution in [1.29, 1.82) is 0 Å². The van der Waals surface area contributed by atoms with Gasteiger partial charge >= 0.3 is 0 Å². The lowest BCUT2D eigenvalue weighted by Crippen LogP contribution is -2.21. The summed E-state index contributed by atoms with van der Waals surface area (Å²) in [5.41, 5.74) is 3.54. The molecule has 3 aromatic heterocycles. The van der Waals surface area contributed by atoms with Gasteiger partial charge in [0.2, 0.25) is 0 Å². The maximum Gasteiger partial charge on any atom is 0.250 e. The number of nitrogens with zero attached hydrogens (tertiary/aromatic N) is 4. The smallest absolute Gasteiger partial charge is 0.250 e. The maximum absolute atomic E-state index is 12.1. The van der Waals surface area contributed by atoms with Gasteiger partial charge in [-0.2, -0.15) is 5.10 Å². The summed E-state index contributed by atoms with van der Waals surface area (Å²) in [7, 11) is 0. The highest BCUT2D eigenvalue weighted by Crippen LogP contribution is 2.28.